The highest BCUT2D eigenvalue weighted by Crippen LogP contribution is 2.35. The zero-order valence-corrected chi connectivity index (χ0v) is 20.1. The van der Waals surface area contributed by atoms with Crippen LogP contribution in [0.3, 0.4) is 0 Å². The van der Waals surface area contributed by atoms with Crippen molar-refractivity contribution in [2.24, 2.45) is 5.10 Å². The summed E-state index contributed by atoms with van der Waals surface area (Å²) in [5, 5.41) is 20.5. The molecular weight excluding hydrogens is 432 g/mol. The van der Waals surface area contributed by atoms with Crippen molar-refractivity contribution in [3.8, 4) is 11.5 Å². The molecule has 1 unspecified atom stereocenters. The van der Waals surface area contributed by atoms with E-state index in [2.05, 4.69) is 34.5 Å². The Labute approximate surface area is 200 Å². The van der Waals surface area contributed by atoms with E-state index in [9.17, 15) is 5.11 Å². The van der Waals surface area contributed by atoms with E-state index >= 15 is 0 Å². The fraction of sp³-hybridized carbons (Fsp3) is 0.231. The van der Waals surface area contributed by atoms with Crippen molar-refractivity contribution in [2.75, 3.05) is 31.4 Å². The number of hydrogen-bond acceptors (Lipinski definition) is 5. The Morgan fingerprint density at radius 3 is 2.52 bits per heavy atom. The third-order valence-electron chi connectivity index (χ3n) is 5.79. The largest absolute Gasteiger partial charge is 0.508 e. The van der Waals surface area contributed by atoms with Crippen LogP contribution >= 0.6 is 12.2 Å². The summed E-state index contributed by atoms with van der Waals surface area (Å²) in [4.78, 5) is 2.07. The summed E-state index contributed by atoms with van der Waals surface area (Å²) in [5.41, 5.74) is 5.75. The number of anilines is 2. The number of ether oxygens (including phenoxy) is 1. The molecule has 1 aliphatic rings. The molecule has 0 amide bonds. The van der Waals surface area contributed by atoms with Crippen LogP contribution in [0.5, 0.6) is 11.5 Å². The minimum Gasteiger partial charge on any atom is -0.508 e. The maximum atomic E-state index is 9.94. The Morgan fingerprint density at radius 2 is 1.85 bits per heavy atom. The Kier molecular flexibility index (Phi) is 6.51. The monoisotopic (exact) mass is 460 g/mol. The molecule has 1 aliphatic heterocycles. The average Bonchev–Trinajstić information content (AvgIpc) is 3.27. The van der Waals surface area contributed by atoms with Crippen LogP contribution in [0.4, 0.5) is 11.4 Å². The Balaban J connectivity index is 1.68. The van der Waals surface area contributed by atoms with Crippen LogP contribution in [0, 0.1) is 6.92 Å². The molecular formula is C26H28N4O2S. The first kappa shape index (κ1) is 22.6. The molecule has 0 saturated carbocycles. The van der Waals surface area contributed by atoms with Gasteiger partial charge >= 0.3 is 0 Å². The number of nitrogens with zero attached hydrogens (tertiary/aromatic N) is 3. The third-order valence-corrected chi connectivity index (χ3v) is 6.08. The summed E-state index contributed by atoms with van der Waals surface area (Å²) in [6, 6.07) is 21.6. The molecule has 0 saturated heterocycles. The number of hydrogen-bond donors (Lipinski definition) is 2. The van der Waals surface area contributed by atoms with Gasteiger partial charge in [0.1, 0.15) is 11.5 Å². The summed E-state index contributed by atoms with van der Waals surface area (Å²) in [5.74, 6) is 0.989. The van der Waals surface area contributed by atoms with Gasteiger partial charge < -0.3 is 20.1 Å². The lowest BCUT2D eigenvalue weighted by Gasteiger charge is -2.25. The maximum Gasteiger partial charge on any atom is 0.194 e. The zero-order chi connectivity index (χ0) is 23.5. The lowest BCUT2D eigenvalue weighted by Crippen LogP contribution is -2.31. The van der Waals surface area contributed by atoms with Crippen molar-refractivity contribution in [1.29, 1.82) is 0 Å². The third kappa shape index (κ3) is 4.78. The molecule has 0 aliphatic carbocycles. The van der Waals surface area contributed by atoms with Crippen LogP contribution in [0.15, 0.2) is 71.8 Å². The SMILES string of the molecule is COc1ccccc1NC(=S)N1N=C(c2ccc(O)c(C)c2)CC1c1ccc(N(C)C)cc1. The normalized spacial score (nSPS) is 15.2. The summed E-state index contributed by atoms with van der Waals surface area (Å²) >= 11 is 5.80. The molecule has 2 N–H and O–H groups in total. The van der Waals surface area contributed by atoms with Crippen molar-refractivity contribution >= 4 is 34.4 Å². The summed E-state index contributed by atoms with van der Waals surface area (Å²) in [6.07, 6.45) is 0.694. The molecule has 0 spiro atoms. The number of phenols is 1. The summed E-state index contributed by atoms with van der Waals surface area (Å²) in [7, 11) is 5.69. The molecule has 6 nitrogen and oxygen atoms in total. The predicted octanol–water partition coefficient (Wildman–Crippen LogP) is 5.32. The fourth-order valence-electron chi connectivity index (χ4n) is 3.88. The molecule has 0 radical (unpaired) electrons. The Bertz CT molecular complexity index is 1190. The molecule has 0 aromatic heterocycles. The smallest absolute Gasteiger partial charge is 0.194 e. The first-order valence-corrected chi connectivity index (χ1v) is 11.2. The van der Waals surface area contributed by atoms with Crippen molar-refractivity contribution in [3.05, 3.63) is 83.4 Å². The second-order valence-corrected chi connectivity index (χ2v) is 8.62. The van der Waals surface area contributed by atoms with Crippen molar-refractivity contribution in [3.63, 3.8) is 0 Å². The molecule has 0 bridgehead atoms. The van der Waals surface area contributed by atoms with Gasteiger partial charge in [-0.3, -0.25) is 0 Å². The first-order chi connectivity index (χ1) is 15.9. The van der Waals surface area contributed by atoms with Gasteiger partial charge in [0.25, 0.3) is 0 Å². The van der Waals surface area contributed by atoms with Crippen molar-refractivity contribution in [1.82, 2.24) is 5.01 Å². The van der Waals surface area contributed by atoms with Gasteiger partial charge in [0, 0.05) is 26.2 Å². The van der Waals surface area contributed by atoms with Gasteiger partial charge in [-0.1, -0.05) is 24.3 Å². The predicted molar refractivity (Wildman–Crippen MR) is 139 cm³/mol. The van der Waals surface area contributed by atoms with E-state index in [4.69, 9.17) is 22.1 Å². The van der Waals surface area contributed by atoms with Gasteiger partial charge in [0.2, 0.25) is 0 Å². The molecule has 3 aromatic rings. The minimum atomic E-state index is -0.0555. The number of phenolic OH excluding ortho intramolecular Hbond substituents is 1. The van der Waals surface area contributed by atoms with E-state index in [0.29, 0.717) is 17.3 Å². The van der Waals surface area contributed by atoms with Crippen LogP contribution in [-0.4, -0.2) is 42.1 Å². The van der Waals surface area contributed by atoms with Crippen LogP contribution in [0.25, 0.3) is 0 Å². The van der Waals surface area contributed by atoms with E-state index in [1.165, 1.54) is 0 Å². The molecule has 4 rings (SSSR count). The van der Waals surface area contributed by atoms with Crippen molar-refractivity contribution < 1.29 is 9.84 Å². The molecule has 33 heavy (non-hydrogen) atoms. The minimum absolute atomic E-state index is 0.0555. The maximum absolute atomic E-state index is 9.94. The van der Waals surface area contributed by atoms with E-state index in [0.717, 1.165) is 33.8 Å². The number of nitrogens with one attached hydrogen (secondary N) is 1. The number of aryl methyl sites for hydroxylation is 1. The molecule has 3 aromatic carbocycles. The summed E-state index contributed by atoms with van der Waals surface area (Å²) in [6.45, 7) is 1.89. The zero-order valence-electron chi connectivity index (χ0n) is 19.2. The molecule has 170 valence electrons. The number of para-hydroxylation sites is 2. The van der Waals surface area contributed by atoms with E-state index in [-0.39, 0.29) is 11.8 Å². The fourth-order valence-corrected chi connectivity index (χ4v) is 4.16. The lowest BCUT2D eigenvalue weighted by molar-refractivity contribution is 0.375. The first-order valence-electron chi connectivity index (χ1n) is 10.8. The number of aromatic hydroxyl groups is 1. The Morgan fingerprint density at radius 1 is 1.12 bits per heavy atom. The highest BCUT2D eigenvalue weighted by Gasteiger charge is 2.32. The van der Waals surface area contributed by atoms with E-state index < -0.39 is 0 Å². The van der Waals surface area contributed by atoms with E-state index in [1.54, 1.807) is 13.2 Å². The van der Waals surface area contributed by atoms with Crippen molar-refractivity contribution in [2.45, 2.75) is 19.4 Å². The number of benzene rings is 3. The lowest BCUT2D eigenvalue weighted by atomic mass is 9.97. The second-order valence-electron chi connectivity index (χ2n) is 8.23. The van der Waals surface area contributed by atoms with Gasteiger partial charge in [0.15, 0.2) is 5.11 Å². The van der Waals surface area contributed by atoms with Gasteiger partial charge in [0.05, 0.1) is 24.6 Å². The van der Waals surface area contributed by atoms with Crippen LogP contribution in [-0.2, 0) is 0 Å². The molecule has 0 fully saturated rings. The Hall–Kier alpha value is -3.58. The number of rotatable bonds is 5. The van der Waals surface area contributed by atoms with Gasteiger partial charge in [-0.05, 0) is 78.3 Å². The molecule has 1 atom stereocenters. The van der Waals surface area contributed by atoms with Crippen LogP contribution in [0.1, 0.15) is 29.2 Å². The van der Waals surface area contributed by atoms with Gasteiger partial charge in [-0.25, -0.2) is 5.01 Å². The van der Waals surface area contributed by atoms with E-state index in [1.807, 2.05) is 62.4 Å². The number of hydrazone groups is 1. The van der Waals surface area contributed by atoms with Gasteiger partial charge in [-0.15, -0.1) is 0 Å². The molecule has 7 heteroatoms. The number of thiocarbonyl (C=S) groups is 1. The van der Waals surface area contributed by atoms with Gasteiger partial charge in [-0.2, -0.15) is 5.10 Å². The highest BCUT2D eigenvalue weighted by atomic mass is 32.1. The summed E-state index contributed by atoms with van der Waals surface area (Å²) < 4.78 is 5.47. The standard InChI is InChI=1S/C26H28N4O2S/c1-17-15-19(11-14-24(17)31)22-16-23(18-9-12-20(13-10-18)29(2)3)30(28-22)26(33)27-21-7-5-6-8-25(21)32-4/h5-15,23,31H,16H2,1-4H3,(H,27,33). The number of methoxy groups -OCH3 is 1. The van der Waals surface area contributed by atoms with Crippen LogP contribution in [0.2, 0.25) is 0 Å². The van der Waals surface area contributed by atoms with Crippen LogP contribution < -0.4 is 15.0 Å². The average molecular weight is 461 g/mol. The second kappa shape index (κ2) is 9.50. The molecule has 1 heterocycles. The topological polar surface area (TPSA) is 60.3 Å². The highest BCUT2D eigenvalue weighted by molar-refractivity contribution is 7.80. The quantitative estimate of drug-likeness (QED) is 0.503.